The van der Waals surface area contributed by atoms with Crippen LogP contribution < -0.4 is 5.32 Å². The number of halogens is 1. The van der Waals surface area contributed by atoms with Crippen LogP contribution in [0.3, 0.4) is 0 Å². The van der Waals surface area contributed by atoms with E-state index in [1.165, 1.54) is 4.90 Å². The largest absolute Gasteiger partial charge is 0.357 e. The molecule has 0 aliphatic rings. The third-order valence-electron chi connectivity index (χ3n) is 3.13. The molecule has 1 aromatic carbocycles. The first-order valence-electron chi connectivity index (χ1n) is 7.77. The highest BCUT2D eigenvalue weighted by Gasteiger charge is 2.08. The van der Waals surface area contributed by atoms with Crippen molar-refractivity contribution in [1.82, 2.24) is 15.2 Å². The van der Waals surface area contributed by atoms with Gasteiger partial charge >= 0.3 is 0 Å². The SMILES string of the molecule is CCNC(=NCCSc1ccccc1)N(C)Cc1csc(C)n1.I. The highest BCUT2D eigenvalue weighted by atomic mass is 127. The summed E-state index contributed by atoms with van der Waals surface area (Å²) < 4.78 is 0. The molecule has 7 heteroatoms. The normalized spacial score (nSPS) is 11.0. The van der Waals surface area contributed by atoms with Crippen LogP contribution in [0.2, 0.25) is 0 Å². The van der Waals surface area contributed by atoms with Crippen molar-refractivity contribution in [3.05, 3.63) is 46.4 Å². The number of hydrogen-bond acceptors (Lipinski definition) is 4. The number of aromatic nitrogens is 1. The van der Waals surface area contributed by atoms with Gasteiger partial charge in [-0.15, -0.1) is 47.1 Å². The second-order valence-electron chi connectivity index (χ2n) is 5.11. The molecule has 0 radical (unpaired) electrons. The number of aryl methyl sites for hydroxylation is 1. The summed E-state index contributed by atoms with van der Waals surface area (Å²) in [6.45, 7) is 6.57. The molecular formula is C17H25IN4S2. The van der Waals surface area contributed by atoms with E-state index in [1.807, 2.05) is 24.8 Å². The zero-order valence-electron chi connectivity index (χ0n) is 14.4. The summed E-state index contributed by atoms with van der Waals surface area (Å²) in [6.07, 6.45) is 0. The van der Waals surface area contributed by atoms with Crippen molar-refractivity contribution in [1.29, 1.82) is 0 Å². The van der Waals surface area contributed by atoms with Crippen LogP contribution in [0.1, 0.15) is 17.6 Å². The van der Waals surface area contributed by atoms with Crippen molar-refractivity contribution in [3.63, 3.8) is 0 Å². The van der Waals surface area contributed by atoms with Crippen molar-refractivity contribution in [3.8, 4) is 0 Å². The predicted octanol–water partition coefficient (Wildman–Crippen LogP) is 4.26. The minimum Gasteiger partial charge on any atom is -0.357 e. The molecule has 1 aromatic heterocycles. The Labute approximate surface area is 170 Å². The third-order valence-corrected chi connectivity index (χ3v) is 4.94. The summed E-state index contributed by atoms with van der Waals surface area (Å²) in [5.41, 5.74) is 1.10. The number of guanidine groups is 1. The number of nitrogens with zero attached hydrogens (tertiary/aromatic N) is 3. The number of thioether (sulfide) groups is 1. The summed E-state index contributed by atoms with van der Waals surface area (Å²) in [4.78, 5) is 12.7. The minimum atomic E-state index is 0. The van der Waals surface area contributed by atoms with Gasteiger partial charge in [0, 0.05) is 29.6 Å². The number of thiazole rings is 1. The van der Waals surface area contributed by atoms with Crippen LogP contribution in [0.15, 0.2) is 45.6 Å². The van der Waals surface area contributed by atoms with Gasteiger partial charge in [0.05, 0.1) is 23.8 Å². The molecule has 132 valence electrons. The molecule has 0 saturated carbocycles. The number of aliphatic imine (C=N–C) groups is 1. The maximum absolute atomic E-state index is 4.72. The summed E-state index contributed by atoms with van der Waals surface area (Å²) in [5.74, 6) is 1.91. The topological polar surface area (TPSA) is 40.5 Å². The van der Waals surface area contributed by atoms with Gasteiger partial charge in [0.15, 0.2) is 5.96 Å². The number of nitrogens with one attached hydrogen (secondary N) is 1. The molecular weight excluding hydrogens is 451 g/mol. The second kappa shape index (κ2) is 11.7. The Morgan fingerprint density at radius 1 is 1.33 bits per heavy atom. The smallest absolute Gasteiger partial charge is 0.194 e. The molecule has 0 fully saturated rings. The molecule has 0 aliphatic carbocycles. The molecule has 0 spiro atoms. The lowest BCUT2D eigenvalue weighted by atomic mass is 10.4. The zero-order chi connectivity index (χ0) is 16.5. The second-order valence-corrected chi connectivity index (χ2v) is 7.34. The maximum atomic E-state index is 4.72. The van der Waals surface area contributed by atoms with Crippen molar-refractivity contribution in [2.24, 2.45) is 4.99 Å². The molecule has 0 aliphatic heterocycles. The third kappa shape index (κ3) is 7.40. The van der Waals surface area contributed by atoms with E-state index >= 15 is 0 Å². The molecule has 4 nitrogen and oxygen atoms in total. The van der Waals surface area contributed by atoms with Crippen LogP contribution >= 0.6 is 47.1 Å². The van der Waals surface area contributed by atoms with Gasteiger partial charge in [-0.2, -0.15) is 0 Å². The van der Waals surface area contributed by atoms with Gasteiger partial charge in [0.2, 0.25) is 0 Å². The Balaban J connectivity index is 0.00000288. The van der Waals surface area contributed by atoms with Gasteiger partial charge in [-0.05, 0) is 26.0 Å². The average Bonchev–Trinajstić information content (AvgIpc) is 2.96. The van der Waals surface area contributed by atoms with Gasteiger partial charge in [-0.25, -0.2) is 4.98 Å². The van der Waals surface area contributed by atoms with Crippen LogP contribution in [-0.4, -0.2) is 41.7 Å². The number of hydrogen-bond donors (Lipinski definition) is 1. The quantitative estimate of drug-likeness (QED) is 0.213. The van der Waals surface area contributed by atoms with Crippen LogP contribution in [-0.2, 0) is 6.54 Å². The van der Waals surface area contributed by atoms with Crippen LogP contribution in [0, 0.1) is 6.92 Å². The molecule has 0 unspecified atom stereocenters. The number of rotatable bonds is 7. The molecule has 0 atom stereocenters. The van der Waals surface area contributed by atoms with Crippen molar-refractivity contribution < 1.29 is 0 Å². The monoisotopic (exact) mass is 476 g/mol. The van der Waals surface area contributed by atoms with E-state index in [-0.39, 0.29) is 24.0 Å². The van der Waals surface area contributed by atoms with Gasteiger partial charge in [0.25, 0.3) is 0 Å². The van der Waals surface area contributed by atoms with Gasteiger partial charge < -0.3 is 10.2 Å². The van der Waals surface area contributed by atoms with E-state index in [0.717, 1.165) is 42.0 Å². The van der Waals surface area contributed by atoms with Crippen LogP contribution in [0.25, 0.3) is 0 Å². The molecule has 0 amide bonds. The first-order chi connectivity index (χ1) is 11.2. The average molecular weight is 476 g/mol. The Kier molecular flexibility index (Phi) is 10.4. The highest BCUT2D eigenvalue weighted by molar-refractivity contribution is 14.0. The molecule has 2 rings (SSSR count). The lowest BCUT2D eigenvalue weighted by molar-refractivity contribution is 0.471. The number of benzene rings is 1. The minimum absolute atomic E-state index is 0. The summed E-state index contributed by atoms with van der Waals surface area (Å²) in [5, 5.41) is 6.57. The zero-order valence-corrected chi connectivity index (χ0v) is 18.3. The standard InChI is InChI=1S/C17H24N4S2.HI/c1-4-18-17(21(3)12-15-13-23-14(2)20-15)19-10-11-22-16-8-6-5-7-9-16;/h5-9,13H,4,10-12H2,1-3H3,(H,18,19);1H. The van der Waals surface area contributed by atoms with E-state index in [9.17, 15) is 0 Å². The molecule has 2 aromatic rings. The molecule has 1 N–H and O–H groups in total. The molecule has 24 heavy (non-hydrogen) atoms. The molecule has 1 heterocycles. The fourth-order valence-corrected chi connectivity index (χ4v) is 3.47. The molecule has 0 saturated heterocycles. The van der Waals surface area contributed by atoms with Crippen molar-refractivity contribution >= 4 is 53.0 Å². The fraction of sp³-hybridized carbons (Fsp3) is 0.412. The summed E-state index contributed by atoms with van der Waals surface area (Å²) in [6, 6.07) is 10.5. The fourth-order valence-electron chi connectivity index (χ4n) is 2.10. The highest BCUT2D eigenvalue weighted by Crippen LogP contribution is 2.16. The molecule has 0 bridgehead atoms. The van der Waals surface area contributed by atoms with Crippen LogP contribution in [0.4, 0.5) is 0 Å². The van der Waals surface area contributed by atoms with Crippen LogP contribution in [0.5, 0.6) is 0 Å². The van der Waals surface area contributed by atoms with Gasteiger partial charge in [0.1, 0.15) is 0 Å². The first-order valence-corrected chi connectivity index (χ1v) is 9.64. The Morgan fingerprint density at radius 2 is 2.08 bits per heavy atom. The van der Waals surface area contributed by atoms with E-state index < -0.39 is 0 Å². The lowest BCUT2D eigenvalue weighted by Gasteiger charge is -2.21. The van der Waals surface area contributed by atoms with Gasteiger partial charge in [-0.3, -0.25) is 4.99 Å². The Morgan fingerprint density at radius 3 is 2.71 bits per heavy atom. The Hall–Kier alpha value is -0.800. The maximum Gasteiger partial charge on any atom is 0.194 e. The first kappa shape index (κ1) is 21.2. The van der Waals surface area contributed by atoms with Crippen molar-refractivity contribution in [2.45, 2.75) is 25.3 Å². The lowest BCUT2D eigenvalue weighted by Crippen LogP contribution is -2.38. The van der Waals surface area contributed by atoms with Crippen molar-refractivity contribution in [2.75, 3.05) is 25.9 Å². The van der Waals surface area contributed by atoms with E-state index in [2.05, 4.69) is 58.8 Å². The van der Waals surface area contributed by atoms with Gasteiger partial charge in [-0.1, -0.05) is 18.2 Å². The predicted molar refractivity (Wildman–Crippen MR) is 117 cm³/mol. The van der Waals surface area contributed by atoms with E-state index in [4.69, 9.17) is 4.99 Å². The summed E-state index contributed by atoms with van der Waals surface area (Å²) in [7, 11) is 2.06. The summed E-state index contributed by atoms with van der Waals surface area (Å²) >= 11 is 3.52. The Bertz CT molecular complexity index is 616. The van der Waals surface area contributed by atoms with E-state index in [0.29, 0.717) is 0 Å². The van der Waals surface area contributed by atoms with E-state index in [1.54, 1.807) is 11.3 Å².